The summed E-state index contributed by atoms with van der Waals surface area (Å²) < 4.78 is 6.12. The number of allylic oxidation sites excluding steroid dienone is 1. The lowest BCUT2D eigenvalue weighted by atomic mass is 10.0. The van der Waals surface area contributed by atoms with Gasteiger partial charge in [0.25, 0.3) is 0 Å². The third-order valence-electron chi connectivity index (χ3n) is 5.83. The monoisotopic (exact) mass is 390 g/mol. The summed E-state index contributed by atoms with van der Waals surface area (Å²) in [5.74, 6) is 1.83. The van der Waals surface area contributed by atoms with E-state index in [0.717, 1.165) is 37.8 Å². The van der Waals surface area contributed by atoms with Crippen LogP contribution in [-0.4, -0.2) is 35.0 Å². The van der Waals surface area contributed by atoms with Crippen LogP contribution < -0.4 is 4.74 Å². The largest absolute Gasteiger partial charge is 0.485 e. The van der Waals surface area contributed by atoms with E-state index in [1.165, 1.54) is 19.3 Å². The second-order valence-corrected chi connectivity index (χ2v) is 8.36. The van der Waals surface area contributed by atoms with Gasteiger partial charge in [-0.2, -0.15) is 0 Å². The first kappa shape index (κ1) is 20.2. The predicted octanol–water partition coefficient (Wildman–Crippen LogP) is 5.35. The summed E-state index contributed by atoms with van der Waals surface area (Å²) in [6, 6.07) is 1.95. The maximum absolute atomic E-state index is 12.6. The summed E-state index contributed by atoms with van der Waals surface area (Å²) in [4.78, 5) is 18.8. The number of hydrogen-bond acceptors (Lipinski definition) is 3. The van der Waals surface area contributed by atoms with E-state index in [1.807, 2.05) is 11.0 Å². The number of ether oxygens (including phenoxy) is 1. The van der Waals surface area contributed by atoms with Gasteiger partial charge in [0.15, 0.2) is 10.9 Å². The fraction of sp³-hybridized carbons (Fsp3) is 0.636. The molecule has 2 heterocycles. The number of halogens is 1. The van der Waals surface area contributed by atoms with E-state index in [-0.39, 0.29) is 12.0 Å². The minimum Gasteiger partial charge on any atom is -0.485 e. The summed E-state index contributed by atoms with van der Waals surface area (Å²) in [5.41, 5.74) is 0.995. The van der Waals surface area contributed by atoms with Gasteiger partial charge in [0.05, 0.1) is 6.54 Å². The van der Waals surface area contributed by atoms with Crippen LogP contribution in [0.2, 0.25) is 5.15 Å². The molecule has 1 amide bonds. The van der Waals surface area contributed by atoms with Gasteiger partial charge < -0.3 is 9.64 Å². The van der Waals surface area contributed by atoms with Crippen LogP contribution in [0.1, 0.15) is 64.4 Å². The highest BCUT2D eigenvalue weighted by Gasteiger charge is 2.33. The SMILES string of the molecule is CC[C@@H](C)C/C=C/c1cnc(Cl)c(O[C@@H]2CCN(C(=O)C3CCCC3)C2)c1. The zero-order valence-electron chi connectivity index (χ0n) is 16.5. The van der Waals surface area contributed by atoms with Crippen LogP contribution in [0.5, 0.6) is 5.75 Å². The normalized spacial score (nSPS) is 21.9. The number of amides is 1. The Bertz CT molecular complexity index is 670. The van der Waals surface area contributed by atoms with Gasteiger partial charge >= 0.3 is 0 Å². The maximum Gasteiger partial charge on any atom is 0.225 e. The smallest absolute Gasteiger partial charge is 0.225 e. The van der Waals surface area contributed by atoms with Gasteiger partial charge in [0.2, 0.25) is 5.91 Å². The topological polar surface area (TPSA) is 42.4 Å². The molecule has 1 aromatic heterocycles. The molecule has 5 heteroatoms. The van der Waals surface area contributed by atoms with E-state index in [0.29, 0.717) is 29.3 Å². The van der Waals surface area contributed by atoms with E-state index in [2.05, 4.69) is 31.0 Å². The molecule has 4 nitrogen and oxygen atoms in total. The Kier molecular flexibility index (Phi) is 7.17. The average Bonchev–Trinajstić information content (AvgIpc) is 3.35. The first-order valence-electron chi connectivity index (χ1n) is 10.3. The molecule has 2 aliphatic rings. The Labute approximate surface area is 167 Å². The molecule has 0 aromatic carbocycles. The minimum atomic E-state index is -0.00556. The van der Waals surface area contributed by atoms with Gasteiger partial charge in [-0.25, -0.2) is 4.98 Å². The second-order valence-electron chi connectivity index (χ2n) is 8.00. The second kappa shape index (κ2) is 9.59. The number of hydrogen-bond donors (Lipinski definition) is 0. The maximum atomic E-state index is 12.6. The number of nitrogens with zero attached hydrogens (tertiary/aromatic N) is 2. The molecule has 0 unspecified atom stereocenters. The molecule has 1 aliphatic heterocycles. The fourth-order valence-corrected chi connectivity index (χ4v) is 4.00. The van der Waals surface area contributed by atoms with Gasteiger partial charge in [-0.05, 0) is 36.8 Å². The number of carbonyl (C=O) groups is 1. The summed E-state index contributed by atoms with van der Waals surface area (Å²) in [7, 11) is 0. The summed E-state index contributed by atoms with van der Waals surface area (Å²) in [5, 5.41) is 0.384. The number of carbonyl (C=O) groups excluding carboxylic acids is 1. The Balaban J connectivity index is 1.57. The molecular formula is C22H31ClN2O2. The fourth-order valence-electron chi connectivity index (χ4n) is 3.86. The van der Waals surface area contributed by atoms with E-state index >= 15 is 0 Å². The molecule has 0 bridgehead atoms. The van der Waals surface area contributed by atoms with Crippen LogP contribution in [0.25, 0.3) is 6.08 Å². The Morgan fingerprint density at radius 1 is 1.41 bits per heavy atom. The predicted molar refractivity (Wildman–Crippen MR) is 110 cm³/mol. The summed E-state index contributed by atoms with van der Waals surface area (Å²) in [6.07, 6.45) is 13.6. The van der Waals surface area contributed by atoms with Crippen molar-refractivity contribution in [1.82, 2.24) is 9.88 Å². The minimum absolute atomic E-state index is 0.00556. The zero-order valence-corrected chi connectivity index (χ0v) is 17.3. The van der Waals surface area contributed by atoms with Crippen LogP contribution >= 0.6 is 11.6 Å². The first-order valence-corrected chi connectivity index (χ1v) is 10.7. The Morgan fingerprint density at radius 2 is 2.19 bits per heavy atom. The van der Waals surface area contributed by atoms with Gasteiger partial charge in [-0.15, -0.1) is 0 Å². The molecule has 1 aromatic rings. The Morgan fingerprint density at radius 3 is 2.93 bits per heavy atom. The number of aromatic nitrogens is 1. The Hall–Kier alpha value is -1.55. The van der Waals surface area contributed by atoms with Crippen LogP contribution in [-0.2, 0) is 4.79 Å². The van der Waals surface area contributed by atoms with Crippen molar-refractivity contribution in [3.63, 3.8) is 0 Å². The highest BCUT2D eigenvalue weighted by Crippen LogP contribution is 2.30. The summed E-state index contributed by atoms with van der Waals surface area (Å²) >= 11 is 6.24. The molecular weight excluding hydrogens is 360 g/mol. The lowest BCUT2D eigenvalue weighted by Crippen LogP contribution is -2.34. The third kappa shape index (κ3) is 5.47. The number of rotatable bonds is 7. The van der Waals surface area contributed by atoms with Gasteiger partial charge in [-0.1, -0.05) is 56.9 Å². The lowest BCUT2D eigenvalue weighted by Gasteiger charge is -2.20. The van der Waals surface area contributed by atoms with Crippen LogP contribution in [0.3, 0.4) is 0 Å². The molecule has 148 valence electrons. The molecule has 0 N–H and O–H groups in total. The quantitative estimate of drug-likeness (QED) is 0.589. The molecule has 2 atom stereocenters. The molecule has 1 aliphatic carbocycles. The van der Waals surface area contributed by atoms with E-state index in [4.69, 9.17) is 16.3 Å². The molecule has 1 saturated carbocycles. The lowest BCUT2D eigenvalue weighted by molar-refractivity contribution is -0.134. The first-order chi connectivity index (χ1) is 13.1. The molecule has 0 radical (unpaired) electrons. The van der Waals surface area contributed by atoms with Crippen molar-refractivity contribution in [1.29, 1.82) is 0 Å². The molecule has 27 heavy (non-hydrogen) atoms. The van der Waals surface area contributed by atoms with Crippen molar-refractivity contribution < 1.29 is 9.53 Å². The molecule has 1 saturated heterocycles. The van der Waals surface area contributed by atoms with E-state index < -0.39 is 0 Å². The standard InChI is InChI=1S/C22H31ClN2O2/c1-3-16(2)7-6-8-17-13-20(21(23)24-14-17)27-19-11-12-25(15-19)22(26)18-9-4-5-10-18/h6,8,13-14,16,18-19H,3-5,7,9-12,15H2,1-2H3/b8-6+/t16-,19-/m1/s1. The molecule has 0 spiro atoms. The summed E-state index contributed by atoms with van der Waals surface area (Å²) in [6.45, 7) is 5.88. The van der Waals surface area contributed by atoms with Gasteiger partial charge in [-0.3, -0.25) is 4.79 Å². The van der Waals surface area contributed by atoms with E-state index in [9.17, 15) is 4.79 Å². The number of likely N-dealkylation sites (tertiary alicyclic amines) is 1. The highest BCUT2D eigenvalue weighted by molar-refractivity contribution is 6.30. The van der Waals surface area contributed by atoms with Crippen molar-refractivity contribution in [3.05, 3.63) is 29.1 Å². The van der Waals surface area contributed by atoms with Crippen molar-refractivity contribution in [3.8, 4) is 5.75 Å². The highest BCUT2D eigenvalue weighted by atomic mass is 35.5. The van der Waals surface area contributed by atoms with Crippen LogP contribution in [0, 0.1) is 11.8 Å². The third-order valence-corrected chi connectivity index (χ3v) is 6.11. The number of pyridine rings is 1. The van der Waals surface area contributed by atoms with Crippen molar-refractivity contribution >= 4 is 23.6 Å². The van der Waals surface area contributed by atoms with E-state index in [1.54, 1.807) is 6.20 Å². The van der Waals surface area contributed by atoms with Crippen LogP contribution in [0.4, 0.5) is 0 Å². The van der Waals surface area contributed by atoms with Gasteiger partial charge in [0, 0.05) is 25.1 Å². The van der Waals surface area contributed by atoms with Crippen molar-refractivity contribution in [2.75, 3.05) is 13.1 Å². The van der Waals surface area contributed by atoms with Crippen LogP contribution in [0.15, 0.2) is 18.3 Å². The van der Waals surface area contributed by atoms with Gasteiger partial charge in [0.1, 0.15) is 6.10 Å². The zero-order chi connectivity index (χ0) is 19.2. The molecule has 2 fully saturated rings. The molecule has 3 rings (SSSR count). The average molecular weight is 391 g/mol. The van der Waals surface area contributed by atoms with Crippen molar-refractivity contribution in [2.24, 2.45) is 11.8 Å². The van der Waals surface area contributed by atoms with Crippen molar-refractivity contribution in [2.45, 2.75) is 64.9 Å².